The molecule has 3 aromatic rings. The summed E-state index contributed by atoms with van der Waals surface area (Å²) in [5, 5.41) is 4.05. The van der Waals surface area contributed by atoms with Gasteiger partial charge in [-0.2, -0.15) is 4.98 Å². The molecule has 3 heterocycles. The van der Waals surface area contributed by atoms with Crippen LogP contribution in [0.4, 0.5) is 4.39 Å². The highest BCUT2D eigenvalue weighted by Crippen LogP contribution is 2.32. The average molecular weight is 342 g/mol. The van der Waals surface area contributed by atoms with Crippen molar-refractivity contribution in [2.24, 2.45) is 0 Å². The second-order valence-electron chi connectivity index (χ2n) is 7.22. The highest BCUT2D eigenvalue weighted by Gasteiger charge is 2.28. The molecule has 7 heteroatoms. The number of hydrogen-bond acceptors (Lipinski definition) is 5. The maximum Gasteiger partial charge on any atom is 0.278 e. The average Bonchev–Trinajstić information content (AvgIpc) is 3.21. The van der Waals surface area contributed by atoms with E-state index in [-0.39, 0.29) is 17.3 Å². The lowest BCUT2D eigenvalue weighted by Crippen LogP contribution is -2.20. The molecule has 0 radical (unpaired) electrons. The summed E-state index contributed by atoms with van der Waals surface area (Å²) in [5.41, 5.74) is 2.31. The predicted molar refractivity (Wildman–Crippen MR) is 88.1 cm³/mol. The van der Waals surface area contributed by atoms with Gasteiger partial charge in [-0.05, 0) is 17.7 Å². The van der Waals surface area contributed by atoms with E-state index in [1.165, 1.54) is 12.1 Å². The van der Waals surface area contributed by atoms with Gasteiger partial charge in [-0.1, -0.05) is 38.1 Å². The van der Waals surface area contributed by atoms with Crippen molar-refractivity contribution < 1.29 is 13.7 Å². The van der Waals surface area contributed by atoms with Crippen LogP contribution in [0.1, 0.15) is 44.0 Å². The first-order valence-electron chi connectivity index (χ1n) is 8.17. The first-order chi connectivity index (χ1) is 11.9. The van der Waals surface area contributed by atoms with Crippen molar-refractivity contribution in [3.8, 4) is 11.6 Å². The van der Waals surface area contributed by atoms with Crippen molar-refractivity contribution >= 4 is 0 Å². The van der Waals surface area contributed by atoms with E-state index in [2.05, 4.69) is 15.1 Å². The molecule has 0 fully saturated rings. The van der Waals surface area contributed by atoms with Crippen molar-refractivity contribution in [3.63, 3.8) is 0 Å². The van der Waals surface area contributed by atoms with Gasteiger partial charge >= 0.3 is 0 Å². The molecular formula is C18H19FN4O2. The number of hydrogen-bond donors (Lipinski definition) is 0. The van der Waals surface area contributed by atoms with Gasteiger partial charge in [-0.3, -0.25) is 0 Å². The van der Waals surface area contributed by atoms with Crippen molar-refractivity contribution in [1.82, 2.24) is 19.7 Å². The molecule has 0 aliphatic carbocycles. The lowest BCUT2D eigenvalue weighted by Gasteiger charge is -2.25. The first kappa shape index (κ1) is 16.0. The maximum atomic E-state index is 13.1. The lowest BCUT2D eigenvalue weighted by molar-refractivity contribution is 0.00326. The molecule has 4 rings (SSSR count). The molecule has 0 unspecified atom stereocenters. The molecular weight excluding hydrogens is 323 g/mol. The molecule has 1 aromatic carbocycles. The molecule has 6 nitrogen and oxygen atoms in total. The second-order valence-corrected chi connectivity index (χ2v) is 7.22. The molecule has 0 spiro atoms. The predicted octanol–water partition coefficient (Wildman–Crippen LogP) is 3.64. The van der Waals surface area contributed by atoms with E-state index in [9.17, 15) is 4.39 Å². The van der Waals surface area contributed by atoms with E-state index < -0.39 is 0 Å². The molecule has 1 aliphatic heterocycles. The number of aromatic nitrogens is 4. The Labute approximate surface area is 144 Å². The standard InChI is InChI=1S/C18H19FN4O2/c1-18(2,3)17-21-16(25-22-17)15-13-9-24-14(8-23(13)10-20-15)11-4-6-12(19)7-5-11/h4-7,10,14H,8-9H2,1-3H3/t14-/m1/s1. The molecule has 0 bridgehead atoms. The van der Waals surface area contributed by atoms with E-state index in [1.54, 1.807) is 18.5 Å². The molecule has 25 heavy (non-hydrogen) atoms. The van der Waals surface area contributed by atoms with Gasteiger partial charge in [0.05, 0.1) is 25.2 Å². The molecule has 0 amide bonds. The van der Waals surface area contributed by atoms with Gasteiger partial charge in [0.2, 0.25) is 0 Å². The highest BCUT2D eigenvalue weighted by molar-refractivity contribution is 5.51. The van der Waals surface area contributed by atoms with Gasteiger partial charge in [0.15, 0.2) is 11.5 Å². The summed E-state index contributed by atoms with van der Waals surface area (Å²) in [6.45, 7) is 7.07. The summed E-state index contributed by atoms with van der Waals surface area (Å²) in [6, 6.07) is 6.38. The Hall–Kier alpha value is -2.54. The third-order valence-corrected chi connectivity index (χ3v) is 4.27. The van der Waals surface area contributed by atoms with Crippen molar-refractivity contribution in [3.05, 3.63) is 53.5 Å². The van der Waals surface area contributed by atoms with Gasteiger partial charge < -0.3 is 13.8 Å². The molecule has 1 aliphatic rings. The Morgan fingerprint density at radius 1 is 1.20 bits per heavy atom. The summed E-state index contributed by atoms with van der Waals surface area (Å²) >= 11 is 0. The number of rotatable bonds is 2. The van der Waals surface area contributed by atoms with Crippen LogP contribution in [0.5, 0.6) is 0 Å². The van der Waals surface area contributed by atoms with Crippen LogP contribution in [-0.4, -0.2) is 19.7 Å². The number of nitrogens with zero attached hydrogens (tertiary/aromatic N) is 4. The fraction of sp³-hybridized carbons (Fsp3) is 0.389. The monoisotopic (exact) mass is 342 g/mol. The van der Waals surface area contributed by atoms with Gasteiger partial charge in [0.1, 0.15) is 11.9 Å². The van der Waals surface area contributed by atoms with Crippen LogP contribution >= 0.6 is 0 Å². The SMILES string of the molecule is CC(C)(C)c1noc(-c2ncn3c2CO[C@@H](c2ccc(F)cc2)C3)n1. The van der Waals surface area contributed by atoms with Crippen LogP contribution in [0, 0.1) is 5.82 Å². The normalized spacial score (nSPS) is 17.5. The number of halogens is 1. The first-order valence-corrected chi connectivity index (χ1v) is 8.17. The van der Waals surface area contributed by atoms with E-state index in [1.807, 2.05) is 25.3 Å². The fourth-order valence-electron chi connectivity index (χ4n) is 2.81. The van der Waals surface area contributed by atoms with Crippen LogP contribution in [0.3, 0.4) is 0 Å². The number of ether oxygens (including phenoxy) is 1. The zero-order valence-corrected chi connectivity index (χ0v) is 14.4. The minimum absolute atomic E-state index is 0.136. The third-order valence-electron chi connectivity index (χ3n) is 4.27. The Balaban J connectivity index is 1.60. The van der Waals surface area contributed by atoms with Crippen LogP contribution < -0.4 is 0 Å². The second kappa shape index (κ2) is 5.77. The van der Waals surface area contributed by atoms with Gasteiger partial charge in [0, 0.05) is 5.41 Å². The quantitative estimate of drug-likeness (QED) is 0.711. The number of imidazole rings is 1. The fourth-order valence-corrected chi connectivity index (χ4v) is 2.81. The van der Waals surface area contributed by atoms with Gasteiger partial charge in [-0.15, -0.1) is 0 Å². The highest BCUT2D eigenvalue weighted by atomic mass is 19.1. The van der Waals surface area contributed by atoms with E-state index >= 15 is 0 Å². The van der Waals surface area contributed by atoms with Crippen LogP contribution in [0.15, 0.2) is 35.1 Å². The zero-order chi connectivity index (χ0) is 17.6. The zero-order valence-electron chi connectivity index (χ0n) is 14.4. The van der Waals surface area contributed by atoms with Crippen LogP contribution in [-0.2, 0) is 23.3 Å². The lowest BCUT2D eigenvalue weighted by atomic mass is 9.96. The molecule has 0 saturated heterocycles. The van der Waals surface area contributed by atoms with Crippen molar-refractivity contribution in [2.75, 3.05) is 0 Å². The Morgan fingerprint density at radius 2 is 1.96 bits per heavy atom. The number of fused-ring (bicyclic) bond motifs is 1. The van der Waals surface area contributed by atoms with Crippen LogP contribution in [0.25, 0.3) is 11.6 Å². The largest absolute Gasteiger partial charge is 0.365 e. The van der Waals surface area contributed by atoms with Crippen molar-refractivity contribution in [2.45, 2.75) is 45.4 Å². The summed E-state index contributed by atoms with van der Waals surface area (Å²) in [6.07, 6.45) is 1.62. The number of benzene rings is 1. The van der Waals surface area contributed by atoms with Crippen molar-refractivity contribution in [1.29, 1.82) is 0 Å². The topological polar surface area (TPSA) is 66.0 Å². The molecule has 0 saturated carbocycles. The summed E-state index contributed by atoms with van der Waals surface area (Å²) in [5.74, 6) is 0.795. The minimum atomic E-state index is -0.254. The van der Waals surface area contributed by atoms with Gasteiger partial charge in [-0.25, -0.2) is 9.37 Å². The van der Waals surface area contributed by atoms with E-state index in [0.717, 1.165) is 11.3 Å². The molecule has 130 valence electrons. The third kappa shape index (κ3) is 2.95. The summed E-state index contributed by atoms with van der Waals surface area (Å²) in [7, 11) is 0. The Bertz CT molecular complexity index is 893. The minimum Gasteiger partial charge on any atom is -0.365 e. The Morgan fingerprint density at radius 3 is 2.64 bits per heavy atom. The molecule has 0 N–H and O–H groups in total. The van der Waals surface area contributed by atoms with E-state index in [0.29, 0.717) is 30.6 Å². The molecule has 1 atom stereocenters. The maximum absolute atomic E-state index is 13.1. The van der Waals surface area contributed by atoms with E-state index in [4.69, 9.17) is 9.26 Å². The summed E-state index contributed by atoms with van der Waals surface area (Å²) < 4.78 is 26.5. The van der Waals surface area contributed by atoms with Gasteiger partial charge in [0.25, 0.3) is 5.89 Å². The Kier molecular flexibility index (Phi) is 3.68. The smallest absolute Gasteiger partial charge is 0.278 e. The molecule has 2 aromatic heterocycles. The summed E-state index contributed by atoms with van der Waals surface area (Å²) in [4.78, 5) is 8.90. The van der Waals surface area contributed by atoms with Crippen LogP contribution in [0.2, 0.25) is 0 Å².